The Labute approximate surface area is 183 Å². The molecule has 31 heavy (non-hydrogen) atoms. The maximum absolute atomic E-state index is 13.2. The van der Waals surface area contributed by atoms with E-state index in [0.717, 1.165) is 36.8 Å². The first-order valence-electron chi connectivity index (χ1n) is 11.2. The largest absolute Gasteiger partial charge is 0.448 e. The van der Waals surface area contributed by atoms with Crippen LogP contribution in [0.3, 0.4) is 0 Å². The Morgan fingerprint density at radius 3 is 2.74 bits per heavy atom. The third-order valence-electron chi connectivity index (χ3n) is 6.67. The lowest BCUT2D eigenvalue weighted by atomic mass is 9.85. The van der Waals surface area contributed by atoms with Gasteiger partial charge in [-0.1, -0.05) is 12.5 Å². The molecule has 0 radical (unpaired) electrons. The molecule has 9 heteroatoms. The fraction of sp³-hybridized carbons (Fsp3) is 0.682. The van der Waals surface area contributed by atoms with Crippen LogP contribution in [0.1, 0.15) is 75.2 Å². The van der Waals surface area contributed by atoms with E-state index in [0.29, 0.717) is 49.7 Å². The zero-order chi connectivity index (χ0) is 22.1. The number of ether oxygens (including phenoxy) is 1. The molecule has 0 saturated carbocycles. The first kappa shape index (κ1) is 22.2. The van der Waals surface area contributed by atoms with Gasteiger partial charge in [-0.2, -0.15) is 4.36 Å². The highest BCUT2D eigenvalue weighted by Gasteiger charge is 2.42. The Hall–Kier alpha value is -2.00. The highest BCUT2D eigenvalue weighted by Crippen LogP contribution is 2.37. The van der Waals surface area contributed by atoms with Gasteiger partial charge in [0, 0.05) is 36.1 Å². The number of hydrogen-bond acceptors (Lipinski definition) is 6. The zero-order valence-electron chi connectivity index (χ0n) is 18.3. The summed E-state index contributed by atoms with van der Waals surface area (Å²) < 4.78 is 28.8. The molecule has 3 heterocycles. The van der Waals surface area contributed by atoms with Crippen molar-refractivity contribution in [1.29, 1.82) is 0 Å². The van der Waals surface area contributed by atoms with Crippen molar-refractivity contribution in [2.75, 3.05) is 18.1 Å². The number of aromatic nitrogens is 1. The third kappa shape index (κ3) is 4.92. The number of amides is 2. The summed E-state index contributed by atoms with van der Waals surface area (Å²) in [5, 5.41) is 3.04. The molecule has 2 aliphatic heterocycles. The van der Waals surface area contributed by atoms with Crippen LogP contribution in [0.4, 0.5) is 0 Å². The van der Waals surface area contributed by atoms with Gasteiger partial charge in [0.15, 0.2) is 11.6 Å². The van der Waals surface area contributed by atoms with Gasteiger partial charge in [0.1, 0.15) is 6.26 Å². The van der Waals surface area contributed by atoms with Gasteiger partial charge < -0.3 is 14.5 Å². The first-order chi connectivity index (χ1) is 14.8. The quantitative estimate of drug-likeness (QED) is 0.756. The third-order valence-corrected chi connectivity index (χ3v) is 8.85. The summed E-state index contributed by atoms with van der Waals surface area (Å²) in [6.07, 6.45) is 7.20. The minimum atomic E-state index is -2.56. The van der Waals surface area contributed by atoms with Crippen LogP contribution in [0, 0.1) is 0 Å². The predicted molar refractivity (Wildman–Crippen MR) is 116 cm³/mol. The molecule has 3 aliphatic rings. The molecule has 2 fully saturated rings. The maximum atomic E-state index is 13.2. The first-order valence-corrected chi connectivity index (χ1v) is 13.0. The maximum Gasteiger partial charge on any atom is 0.280 e. The number of nitrogens with one attached hydrogen (secondary N) is 1. The van der Waals surface area contributed by atoms with E-state index in [-0.39, 0.29) is 23.6 Å². The lowest BCUT2D eigenvalue weighted by Gasteiger charge is -2.44. The van der Waals surface area contributed by atoms with Crippen molar-refractivity contribution in [2.24, 2.45) is 4.36 Å². The average molecular weight is 450 g/mol. The van der Waals surface area contributed by atoms with Gasteiger partial charge in [-0.15, -0.1) is 0 Å². The van der Waals surface area contributed by atoms with E-state index in [1.54, 1.807) is 0 Å². The predicted octanol–water partition coefficient (Wildman–Crippen LogP) is 3.17. The fourth-order valence-electron chi connectivity index (χ4n) is 4.74. The number of aryl methyl sites for hydroxylation is 1. The molecule has 1 atom stereocenters. The standard InChI is InChI=1S/C22H31N3O5S/c1-3-19-24-18(14-29-19)21(27)23-16-7-10-30-22(13-16)8-11-31(28,12-9-22)25-20(26)17-6-4-5-15(17)2/h14,16H,3-13H2,1-2H3,(H,23,27). The minimum Gasteiger partial charge on any atom is -0.448 e. The Morgan fingerprint density at radius 1 is 1.32 bits per heavy atom. The topological polar surface area (TPSA) is 111 Å². The van der Waals surface area contributed by atoms with E-state index >= 15 is 0 Å². The molecule has 0 bridgehead atoms. The van der Waals surface area contributed by atoms with E-state index in [4.69, 9.17) is 9.15 Å². The van der Waals surface area contributed by atoms with Gasteiger partial charge in [-0.05, 0) is 51.9 Å². The van der Waals surface area contributed by atoms with E-state index in [1.165, 1.54) is 6.26 Å². The molecule has 8 nitrogen and oxygen atoms in total. The number of allylic oxidation sites excluding steroid dienone is 1. The Balaban J connectivity index is 1.38. The number of rotatable bonds is 4. The van der Waals surface area contributed by atoms with Gasteiger partial charge in [-0.3, -0.25) is 9.59 Å². The van der Waals surface area contributed by atoms with Gasteiger partial charge in [-0.25, -0.2) is 9.19 Å². The van der Waals surface area contributed by atoms with Crippen LogP contribution in [0.25, 0.3) is 0 Å². The number of carbonyl (C=O) groups is 2. The molecule has 1 aliphatic carbocycles. The van der Waals surface area contributed by atoms with Crippen molar-refractivity contribution in [3.05, 3.63) is 29.0 Å². The summed E-state index contributed by atoms with van der Waals surface area (Å²) in [5.74, 6) is 0.720. The molecule has 1 aromatic rings. The molecule has 2 amide bonds. The normalized spacial score (nSPS) is 31.1. The van der Waals surface area contributed by atoms with Crippen molar-refractivity contribution in [3.63, 3.8) is 0 Å². The Morgan fingerprint density at radius 2 is 2.10 bits per heavy atom. The number of carbonyl (C=O) groups excluding carboxylic acids is 2. The number of oxazole rings is 1. The molecule has 1 unspecified atom stereocenters. The fourth-order valence-corrected chi connectivity index (χ4v) is 6.92. The monoisotopic (exact) mass is 449 g/mol. The van der Waals surface area contributed by atoms with Crippen LogP contribution in [-0.4, -0.2) is 50.8 Å². The minimum absolute atomic E-state index is 0.0398. The molecule has 2 saturated heterocycles. The Bertz CT molecular complexity index is 1000. The second-order valence-corrected chi connectivity index (χ2v) is 11.4. The van der Waals surface area contributed by atoms with E-state index in [9.17, 15) is 13.8 Å². The van der Waals surface area contributed by atoms with E-state index < -0.39 is 15.3 Å². The summed E-state index contributed by atoms with van der Waals surface area (Å²) in [4.78, 5) is 29.2. The van der Waals surface area contributed by atoms with Crippen molar-refractivity contribution < 1.29 is 23.0 Å². The molecule has 4 rings (SSSR count). The molecule has 170 valence electrons. The van der Waals surface area contributed by atoms with Crippen molar-refractivity contribution >= 4 is 21.5 Å². The molecule has 1 aromatic heterocycles. The van der Waals surface area contributed by atoms with Gasteiger partial charge in [0.2, 0.25) is 0 Å². The summed E-state index contributed by atoms with van der Waals surface area (Å²) in [6, 6.07) is -0.0398. The highest BCUT2D eigenvalue weighted by molar-refractivity contribution is 7.93. The van der Waals surface area contributed by atoms with Crippen LogP contribution in [-0.2, 0) is 25.7 Å². The lowest BCUT2D eigenvalue weighted by molar-refractivity contribution is -0.114. The number of nitrogens with zero attached hydrogens (tertiary/aromatic N) is 2. The van der Waals surface area contributed by atoms with Crippen molar-refractivity contribution in [2.45, 2.75) is 76.9 Å². The average Bonchev–Trinajstić information content (AvgIpc) is 3.40. The van der Waals surface area contributed by atoms with Crippen LogP contribution in [0.15, 0.2) is 26.2 Å². The van der Waals surface area contributed by atoms with Gasteiger partial charge in [0.25, 0.3) is 11.8 Å². The SMILES string of the molecule is CCc1nc(C(=O)NC2CCOC3(CCS(=O)(=NC(=O)C4=C(C)CCC4)CC3)C2)co1. The second-order valence-electron chi connectivity index (χ2n) is 8.86. The molecule has 1 spiro atoms. The van der Waals surface area contributed by atoms with Crippen LogP contribution in [0.2, 0.25) is 0 Å². The van der Waals surface area contributed by atoms with E-state index in [2.05, 4.69) is 14.7 Å². The van der Waals surface area contributed by atoms with Crippen LogP contribution < -0.4 is 5.32 Å². The summed E-state index contributed by atoms with van der Waals surface area (Å²) in [7, 11) is -2.56. The van der Waals surface area contributed by atoms with Crippen molar-refractivity contribution in [1.82, 2.24) is 10.3 Å². The van der Waals surface area contributed by atoms with Gasteiger partial charge in [0.05, 0.1) is 15.3 Å². The molecular formula is C22H31N3O5S. The van der Waals surface area contributed by atoms with Crippen LogP contribution >= 0.6 is 0 Å². The highest BCUT2D eigenvalue weighted by atomic mass is 32.2. The molecule has 1 N–H and O–H groups in total. The molecule has 0 aromatic carbocycles. The number of hydrogen-bond donors (Lipinski definition) is 1. The second kappa shape index (κ2) is 8.86. The van der Waals surface area contributed by atoms with Crippen LogP contribution in [0.5, 0.6) is 0 Å². The Kier molecular flexibility index (Phi) is 6.35. The van der Waals surface area contributed by atoms with Crippen molar-refractivity contribution in [3.8, 4) is 0 Å². The summed E-state index contributed by atoms with van der Waals surface area (Å²) in [5.41, 5.74) is 1.70. The van der Waals surface area contributed by atoms with E-state index in [1.807, 2.05) is 13.8 Å². The summed E-state index contributed by atoms with van der Waals surface area (Å²) in [6.45, 7) is 4.42. The summed E-state index contributed by atoms with van der Waals surface area (Å²) >= 11 is 0. The smallest absolute Gasteiger partial charge is 0.280 e. The molecular weight excluding hydrogens is 418 g/mol. The lowest BCUT2D eigenvalue weighted by Crippen LogP contribution is -2.52. The van der Waals surface area contributed by atoms with Gasteiger partial charge >= 0.3 is 0 Å². The zero-order valence-corrected chi connectivity index (χ0v) is 19.1.